The summed E-state index contributed by atoms with van der Waals surface area (Å²) in [5.74, 6) is 1.02. The van der Waals surface area contributed by atoms with Crippen LogP contribution in [0, 0.1) is 0 Å². The van der Waals surface area contributed by atoms with Crippen molar-refractivity contribution in [2.45, 2.75) is 19.9 Å². The van der Waals surface area contributed by atoms with Gasteiger partial charge in [-0.1, -0.05) is 18.2 Å². The monoisotopic (exact) mass is 292 g/mol. The van der Waals surface area contributed by atoms with E-state index in [4.69, 9.17) is 9.47 Å². The predicted molar refractivity (Wildman–Crippen MR) is 84.7 cm³/mol. The maximum atomic E-state index is 11.7. The van der Waals surface area contributed by atoms with Crippen LogP contribution in [0.3, 0.4) is 0 Å². The number of allylic oxidation sites excluding steroid dienone is 1. The zero-order valence-electron chi connectivity index (χ0n) is 13.1. The van der Waals surface area contributed by atoms with Gasteiger partial charge in [0.15, 0.2) is 18.1 Å². The number of methoxy groups -OCH3 is 1. The number of likely N-dealkylation sites (N-methyl/N-ethyl adjacent to an activating group) is 1. The number of carbonyl (C=O) groups excluding carboxylic acids is 1. The first-order valence-corrected chi connectivity index (χ1v) is 6.98. The molecule has 0 radical (unpaired) electrons. The Kier molecular flexibility index (Phi) is 7.32. The highest BCUT2D eigenvalue weighted by Gasteiger charge is 2.08. The van der Waals surface area contributed by atoms with Crippen LogP contribution in [0.4, 0.5) is 0 Å². The molecule has 1 aromatic rings. The molecule has 0 aliphatic heterocycles. The fourth-order valence-electron chi connectivity index (χ4n) is 1.66. The van der Waals surface area contributed by atoms with Gasteiger partial charge in [0.05, 0.1) is 7.11 Å². The predicted octanol–water partition coefficient (Wildman–Crippen LogP) is 1.83. The molecular formula is C16H24N2O3. The largest absolute Gasteiger partial charge is 0.493 e. The summed E-state index contributed by atoms with van der Waals surface area (Å²) in [5, 5.41) is 5.84. The highest BCUT2D eigenvalue weighted by Crippen LogP contribution is 2.28. The van der Waals surface area contributed by atoms with Gasteiger partial charge in [-0.2, -0.15) is 0 Å². The Morgan fingerprint density at radius 1 is 1.38 bits per heavy atom. The summed E-state index contributed by atoms with van der Waals surface area (Å²) in [6.45, 7) is 4.48. The number of amides is 1. The lowest BCUT2D eigenvalue weighted by molar-refractivity contribution is -0.123. The highest BCUT2D eigenvalue weighted by atomic mass is 16.5. The molecule has 0 aliphatic carbocycles. The van der Waals surface area contributed by atoms with Gasteiger partial charge in [-0.05, 0) is 38.6 Å². The summed E-state index contributed by atoms with van der Waals surface area (Å²) in [5.41, 5.74) is 1.02. The minimum atomic E-state index is -0.156. The molecule has 1 atom stereocenters. The summed E-state index contributed by atoms with van der Waals surface area (Å²) < 4.78 is 10.8. The first-order valence-electron chi connectivity index (χ1n) is 6.98. The molecule has 1 unspecified atom stereocenters. The van der Waals surface area contributed by atoms with Gasteiger partial charge in [-0.15, -0.1) is 0 Å². The van der Waals surface area contributed by atoms with E-state index in [1.54, 1.807) is 13.2 Å². The summed E-state index contributed by atoms with van der Waals surface area (Å²) in [7, 11) is 3.43. The summed E-state index contributed by atoms with van der Waals surface area (Å²) >= 11 is 0. The van der Waals surface area contributed by atoms with Crippen LogP contribution in [0.1, 0.15) is 19.4 Å². The number of carbonyl (C=O) groups is 1. The number of benzene rings is 1. The fraction of sp³-hybridized carbons (Fsp3) is 0.438. The van der Waals surface area contributed by atoms with Crippen molar-refractivity contribution in [1.29, 1.82) is 0 Å². The lowest BCUT2D eigenvalue weighted by atomic mass is 10.2. The van der Waals surface area contributed by atoms with Crippen molar-refractivity contribution < 1.29 is 14.3 Å². The van der Waals surface area contributed by atoms with Gasteiger partial charge in [-0.3, -0.25) is 4.79 Å². The second kappa shape index (κ2) is 9.02. The van der Waals surface area contributed by atoms with Gasteiger partial charge in [0.2, 0.25) is 0 Å². The molecule has 5 nitrogen and oxygen atoms in total. The van der Waals surface area contributed by atoms with Crippen molar-refractivity contribution in [3.63, 3.8) is 0 Å². The van der Waals surface area contributed by atoms with Gasteiger partial charge < -0.3 is 20.1 Å². The van der Waals surface area contributed by atoms with Gasteiger partial charge in [-0.25, -0.2) is 0 Å². The normalized spacial score (nSPS) is 12.2. The van der Waals surface area contributed by atoms with Crippen LogP contribution in [0.5, 0.6) is 11.5 Å². The van der Waals surface area contributed by atoms with E-state index in [-0.39, 0.29) is 18.6 Å². The van der Waals surface area contributed by atoms with Gasteiger partial charge in [0.25, 0.3) is 5.91 Å². The molecule has 0 heterocycles. The van der Waals surface area contributed by atoms with Crippen LogP contribution < -0.4 is 20.1 Å². The van der Waals surface area contributed by atoms with Gasteiger partial charge in [0, 0.05) is 12.6 Å². The van der Waals surface area contributed by atoms with E-state index in [0.29, 0.717) is 18.0 Å². The molecule has 0 aromatic heterocycles. The minimum Gasteiger partial charge on any atom is -0.493 e. The molecule has 0 fully saturated rings. The van der Waals surface area contributed by atoms with Gasteiger partial charge in [0.1, 0.15) is 0 Å². The van der Waals surface area contributed by atoms with E-state index in [2.05, 4.69) is 10.6 Å². The number of rotatable bonds is 8. The Bertz CT molecular complexity index is 486. The van der Waals surface area contributed by atoms with Crippen LogP contribution in [0.15, 0.2) is 24.3 Å². The standard InChI is InChI=1S/C16H24N2O3/c1-5-6-13-7-8-14(15(9-13)20-4)21-11-16(19)18-10-12(2)17-3/h5-9,12,17H,10-11H2,1-4H3,(H,18,19)/b6-5+. The maximum Gasteiger partial charge on any atom is 0.257 e. The SMILES string of the molecule is C/C=C/c1ccc(OCC(=O)NCC(C)NC)c(OC)c1. The van der Waals surface area contributed by atoms with Crippen LogP contribution in [-0.2, 0) is 4.79 Å². The Labute approximate surface area is 126 Å². The molecule has 21 heavy (non-hydrogen) atoms. The van der Waals surface area contributed by atoms with Crippen LogP contribution in [0.25, 0.3) is 6.08 Å². The van der Waals surface area contributed by atoms with Crippen LogP contribution in [0.2, 0.25) is 0 Å². The smallest absolute Gasteiger partial charge is 0.257 e. The molecule has 1 rings (SSSR count). The third kappa shape index (κ3) is 5.87. The Hall–Kier alpha value is -2.01. The third-order valence-electron chi connectivity index (χ3n) is 3.00. The van der Waals surface area contributed by atoms with E-state index in [1.165, 1.54) is 0 Å². The Balaban J connectivity index is 2.56. The highest BCUT2D eigenvalue weighted by molar-refractivity contribution is 5.77. The van der Waals surface area contributed by atoms with E-state index in [0.717, 1.165) is 5.56 Å². The number of ether oxygens (including phenoxy) is 2. The van der Waals surface area contributed by atoms with Crippen molar-refractivity contribution in [2.75, 3.05) is 27.3 Å². The topological polar surface area (TPSA) is 59.6 Å². The molecule has 0 aliphatic rings. The first kappa shape index (κ1) is 17.0. The number of nitrogens with one attached hydrogen (secondary N) is 2. The van der Waals surface area contributed by atoms with Crippen LogP contribution in [-0.4, -0.2) is 39.3 Å². The van der Waals surface area contributed by atoms with Crippen molar-refractivity contribution in [3.05, 3.63) is 29.8 Å². The molecular weight excluding hydrogens is 268 g/mol. The van der Waals surface area contributed by atoms with Gasteiger partial charge >= 0.3 is 0 Å². The zero-order chi connectivity index (χ0) is 15.7. The van der Waals surface area contributed by atoms with Crippen molar-refractivity contribution in [3.8, 4) is 11.5 Å². The van der Waals surface area contributed by atoms with E-state index < -0.39 is 0 Å². The van der Waals surface area contributed by atoms with Crippen molar-refractivity contribution in [2.24, 2.45) is 0 Å². The van der Waals surface area contributed by atoms with E-state index in [1.807, 2.05) is 45.2 Å². The summed E-state index contributed by atoms with van der Waals surface area (Å²) in [6, 6.07) is 5.82. The van der Waals surface area contributed by atoms with E-state index in [9.17, 15) is 4.79 Å². The molecule has 0 spiro atoms. The molecule has 0 saturated heterocycles. The lowest BCUT2D eigenvalue weighted by Gasteiger charge is -2.13. The number of hydrogen-bond acceptors (Lipinski definition) is 4. The zero-order valence-corrected chi connectivity index (χ0v) is 13.1. The Morgan fingerprint density at radius 2 is 2.14 bits per heavy atom. The van der Waals surface area contributed by atoms with Crippen molar-refractivity contribution in [1.82, 2.24) is 10.6 Å². The average Bonchev–Trinajstić information content (AvgIpc) is 2.51. The van der Waals surface area contributed by atoms with Crippen molar-refractivity contribution >= 4 is 12.0 Å². The minimum absolute atomic E-state index is 0.0320. The second-order valence-corrected chi connectivity index (χ2v) is 4.69. The average molecular weight is 292 g/mol. The second-order valence-electron chi connectivity index (χ2n) is 4.69. The summed E-state index contributed by atoms with van der Waals surface area (Å²) in [6.07, 6.45) is 3.92. The molecule has 1 amide bonds. The van der Waals surface area contributed by atoms with Crippen LogP contribution >= 0.6 is 0 Å². The quantitative estimate of drug-likeness (QED) is 0.767. The molecule has 0 saturated carbocycles. The molecule has 5 heteroatoms. The van der Waals surface area contributed by atoms with E-state index >= 15 is 0 Å². The first-order chi connectivity index (χ1) is 10.1. The fourth-order valence-corrected chi connectivity index (χ4v) is 1.66. The number of hydrogen-bond donors (Lipinski definition) is 2. The molecule has 2 N–H and O–H groups in total. The molecule has 1 aromatic carbocycles. The Morgan fingerprint density at radius 3 is 2.76 bits per heavy atom. The summed E-state index contributed by atoms with van der Waals surface area (Å²) in [4.78, 5) is 11.7. The molecule has 0 bridgehead atoms. The maximum absolute atomic E-state index is 11.7. The molecule has 116 valence electrons. The third-order valence-corrected chi connectivity index (χ3v) is 3.00. The lowest BCUT2D eigenvalue weighted by Crippen LogP contribution is -2.39.